The summed E-state index contributed by atoms with van der Waals surface area (Å²) in [5, 5.41) is 2.87. The first kappa shape index (κ1) is 16.3. The van der Waals surface area contributed by atoms with E-state index >= 15 is 0 Å². The molecule has 24 heavy (non-hydrogen) atoms. The monoisotopic (exact) mass is 327 g/mol. The maximum absolute atomic E-state index is 12.3. The van der Waals surface area contributed by atoms with Crippen molar-refractivity contribution in [2.75, 3.05) is 25.6 Å². The molecule has 2 heterocycles. The van der Waals surface area contributed by atoms with Gasteiger partial charge < -0.3 is 19.7 Å². The zero-order valence-corrected chi connectivity index (χ0v) is 13.6. The molecule has 3 rings (SSSR count). The molecule has 1 aromatic carbocycles. The predicted molar refractivity (Wildman–Crippen MR) is 91.0 cm³/mol. The number of carbonyl (C=O) groups excluding carboxylic acids is 1. The summed E-state index contributed by atoms with van der Waals surface area (Å²) >= 11 is 0. The molecule has 0 aliphatic carbocycles. The third-order valence-electron chi connectivity index (χ3n) is 3.99. The number of likely N-dealkylation sites (N-methyl/N-ethyl adjacent to an activating group) is 1. The van der Waals surface area contributed by atoms with E-state index in [1.54, 1.807) is 30.3 Å². The van der Waals surface area contributed by atoms with Crippen molar-refractivity contribution in [1.82, 2.24) is 9.88 Å². The van der Waals surface area contributed by atoms with E-state index in [-0.39, 0.29) is 12.1 Å². The van der Waals surface area contributed by atoms with Gasteiger partial charge in [0.25, 0.3) is 0 Å². The molecular formula is C18H21N3O3. The first-order chi connectivity index (χ1) is 11.7. The molecule has 0 unspecified atom stereocenters. The number of nitrogens with one attached hydrogen (secondary N) is 1. The second kappa shape index (κ2) is 7.79. The molecule has 1 N–H and O–H groups in total. The summed E-state index contributed by atoms with van der Waals surface area (Å²) in [5.41, 5.74) is 1.72. The van der Waals surface area contributed by atoms with Crippen LogP contribution in [0.1, 0.15) is 12.0 Å². The summed E-state index contributed by atoms with van der Waals surface area (Å²) < 4.78 is 11.0. The van der Waals surface area contributed by atoms with Crippen LogP contribution in [0.15, 0.2) is 48.7 Å². The molecule has 1 saturated heterocycles. The number of benzene rings is 1. The second-order valence-electron chi connectivity index (χ2n) is 5.72. The normalized spacial score (nSPS) is 16.6. The van der Waals surface area contributed by atoms with Crippen molar-refractivity contribution in [2.45, 2.75) is 19.1 Å². The maximum atomic E-state index is 12.3. The minimum absolute atomic E-state index is 0.126. The van der Waals surface area contributed by atoms with E-state index in [4.69, 9.17) is 9.47 Å². The topological polar surface area (TPSA) is 63.7 Å². The van der Waals surface area contributed by atoms with E-state index in [1.807, 2.05) is 30.3 Å². The standard InChI is InChI=1S/C18H21N3O3/c1-21(16-8-10-23-13-16)18(22)20-15-7-9-19-17(11-15)24-12-14-5-3-2-4-6-14/h2-7,9,11,16H,8,10,12-13H2,1H3,(H,19,20,22)/t16-/m1/s1. The number of pyridine rings is 1. The third kappa shape index (κ3) is 4.23. The van der Waals surface area contributed by atoms with Crippen LogP contribution in [0.25, 0.3) is 0 Å². The number of nitrogens with zero attached hydrogens (tertiary/aromatic N) is 2. The Balaban J connectivity index is 1.57. The lowest BCUT2D eigenvalue weighted by atomic mass is 10.2. The molecule has 6 heteroatoms. The zero-order valence-electron chi connectivity index (χ0n) is 13.6. The van der Waals surface area contributed by atoms with Crippen molar-refractivity contribution < 1.29 is 14.3 Å². The van der Waals surface area contributed by atoms with Gasteiger partial charge in [-0.15, -0.1) is 0 Å². The van der Waals surface area contributed by atoms with Crippen molar-refractivity contribution in [3.8, 4) is 5.88 Å². The van der Waals surface area contributed by atoms with Crippen molar-refractivity contribution >= 4 is 11.7 Å². The number of carbonyl (C=O) groups is 1. The summed E-state index contributed by atoms with van der Waals surface area (Å²) in [5.74, 6) is 0.475. The van der Waals surface area contributed by atoms with Crippen molar-refractivity contribution in [3.05, 3.63) is 54.2 Å². The molecule has 2 aromatic rings. The number of aromatic nitrogens is 1. The van der Waals surface area contributed by atoms with Crippen molar-refractivity contribution in [2.24, 2.45) is 0 Å². The molecule has 1 aromatic heterocycles. The lowest BCUT2D eigenvalue weighted by Crippen LogP contribution is -2.40. The fourth-order valence-corrected chi connectivity index (χ4v) is 2.50. The summed E-state index contributed by atoms with van der Waals surface area (Å²) in [6.07, 6.45) is 2.49. The van der Waals surface area contributed by atoms with Crippen molar-refractivity contribution in [1.29, 1.82) is 0 Å². The number of hydrogen-bond acceptors (Lipinski definition) is 4. The minimum atomic E-state index is -0.161. The predicted octanol–water partition coefficient (Wildman–Crippen LogP) is 2.91. The van der Waals surface area contributed by atoms with Gasteiger partial charge in [-0.2, -0.15) is 0 Å². The van der Waals surface area contributed by atoms with Gasteiger partial charge >= 0.3 is 6.03 Å². The van der Waals surface area contributed by atoms with E-state index in [9.17, 15) is 4.79 Å². The maximum Gasteiger partial charge on any atom is 0.321 e. The van der Waals surface area contributed by atoms with Gasteiger partial charge in [-0.05, 0) is 18.1 Å². The lowest BCUT2D eigenvalue weighted by molar-refractivity contribution is 0.164. The van der Waals surface area contributed by atoms with Gasteiger partial charge in [0.2, 0.25) is 5.88 Å². The Kier molecular flexibility index (Phi) is 5.28. The Morgan fingerprint density at radius 2 is 2.21 bits per heavy atom. The molecule has 0 bridgehead atoms. The molecule has 1 atom stereocenters. The number of ether oxygens (including phenoxy) is 2. The Hall–Kier alpha value is -2.60. The SMILES string of the molecule is CN(C(=O)Nc1ccnc(OCc2ccccc2)c1)[C@@H]1CCOC1. The second-order valence-corrected chi connectivity index (χ2v) is 5.72. The Bertz CT molecular complexity index is 672. The smallest absolute Gasteiger partial charge is 0.321 e. The Labute approximate surface area is 141 Å². The van der Waals surface area contributed by atoms with Gasteiger partial charge in [-0.25, -0.2) is 9.78 Å². The highest BCUT2D eigenvalue weighted by atomic mass is 16.5. The summed E-state index contributed by atoms with van der Waals surface area (Å²) in [6, 6.07) is 13.3. The first-order valence-electron chi connectivity index (χ1n) is 7.97. The van der Waals surface area contributed by atoms with Gasteiger partial charge in [-0.3, -0.25) is 0 Å². The third-order valence-corrected chi connectivity index (χ3v) is 3.99. The average Bonchev–Trinajstić information content (AvgIpc) is 3.15. The van der Waals surface area contributed by atoms with Gasteiger partial charge in [0.15, 0.2) is 0 Å². The Morgan fingerprint density at radius 1 is 1.38 bits per heavy atom. The van der Waals surface area contributed by atoms with Crippen LogP contribution in [0.5, 0.6) is 5.88 Å². The molecule has 6 nitrogen and oxygen atoms in total. The van der Waals surface area contributed by atoms with Crippen LogP contribution < -0.4 is 10.1 Å². The fraction of sp³-hybridized carbons (Fsp3) is 0.333. The van der Waals surface area contributed by atoms with E-state index < -0.39 is 0 Å². The minimum Gasteiger partial charge on any atom is -0.473 e. The van der Waals surface area contributed by atoms with Crippen LogP contribution in [0.3, 0.4) is 0 Å². The Morgan fingerprint density at radius 3 is 2.96 bits per heavy atom. The zero-order chi connectivity index (χ0) is 16.8. The summed E-state index contributed by atoms with van der Waals surface area (Å²) in [6.45, 7) is 1.73. The van der Waals surface area contributed by atoms with E-state index in [1.165, 1.54) is 0 Å². The van der Waals surface area contributed by atoms with Crippen LogP contribution in [-0.4, -0.2) is 42.2 Å². The van der Waals surface area contributed by atoms with Crippen molar-refractivity contribution in [3.63, 3.8) is 0 Å². The van der Waals surface area contributed by atoms with Gasteiger partial charge in [0, 0.05) is 31.6 Å². The van der Waals surface area contributed by atoms with E-state index in [0.29, 0.717) is 31.4 Å². The van der Waals surface area contributed by atoms with Crippen LogP contribution in [0.2, 0.25) is 0 Å². The number of urea groups is 1. The van der Waals surface area contributed by atoms with Crippen LogP contribution >= 0.6 is 0 Å². The number of anilines is 1. The largest absolute Gasteiger partial charge is 0.473 e. The molecule has 0 spiro atoms. The van der Waals surface area contributed by atoms with Crippen LogP contribution in [0.4, 0.5) is 10.5 Å². The lowest BCUT2D eigenvalue weighted by Gasteiger charge is -2.23. The molecule has 1 aliphatic heterocycles. The molecule has 2 amide bonds. The average molecular weight is 327 g/mol. The van der Waals surface area contributed by atoms with E-state index in [0.717, 1.165) is 12.0 Å². The molecule has 0 saturated carbocycles. The molecule has 0 radical (unpaired) electrons. The first-order valence-corrected chi connectivity index (χ1v) is 7.97. The molecular weight excluding hydrogens is 306 g/mol. The highest BCUT2D eigenvalue weighted by Gasteiger charge is 2.24. The van der Waals surface area contributed by atoms with Crippen LogP contribution in [-0.2, 0) is 11.3 Å². The number of hydrogen-bond donors (Lipinski definition) is 1. The quantitative estimate of drug-likeness (QED) is 0.917. The highest BCUT2D eigenvalue weighted by molar-refractivity contribution is 5.89. The summed E-state index contributed by atoms with van der Waals surface area (Å²) in [7, 11) is 1.78. The van der Waals surface area contributed by atoms with Gasteiger partial charge in [0.1, 0.15) is 6.61 Å². The van der Waals surface area contributed by atoms with Gasteiger partial charge in [-0.1, -0.05) is 30.3 Å². The highest BCUT2D eigenvalue weighted by Crippen LogP contribution is 2.17. The number of rotatable bonds is 5. The molecule has 1 fully saturated rings. The van der Waals surface area contributed by atoms with Gasteiger partial charge in [0.05, 0.1) is 12.6 Å². The molecule has 126 valence electrons. The van der Waals surface area contributed by atoms with Crippen LogP contribution in [0, 0.1) is 0 Å². The summed E-state index contributed by atoms with van der Waals surface area (Å²) in [4.78, 5) is 18.1. The molecule has 1 aliphatic rings. The fourth-order valence-electron chi connectivity index (χ4n) is 2.50. The van der Waals surface area contributed by atoms with E-state index in [2.05, 4.69) is 10.3 Å². The number of amides is 2.